The van der Waals surface area contributed by atoms with E-state index in [9.17, 15) is 26.7 Å². The van der Waals surface area contributed by atoms with Crippen molar-refractivity contribution in [2.45, 2.75) is 37.6 Å². The van der Waals surface area contributed by atoms with Crippen molar-refractivity contribution < 1.29 is 31.4 Å². The van der Waals surface area contributed by atoms with Gasteiger partial charge < -0.3 is 14.5 Å². The summed E-state index contributed by atoms with van der Waals surface area (Å²) in [6.45, 7) is 2.19. The molecular weight excluding hydrogens is 437 g/mol. The number of nitrogens with one attached hydrogen (secondary N) is 1. The monoisotopic (exact) mass is 455 g/mol. The number of halogens is 5. The number of aromatic nitrogens is 3. The van der Waals surface area contributed by atoms with Crippen LogP contribution in [0.1, 0.15) is 37.1 Å². The quantitative estimate of drug-likeness (QED) is 0.592. The van der Waals surface area contributed by atoms with E-state index in [0.29, 0.717) is 0 Å². The van der Waals surface area contributed by atoms with E-state index in [-0.39, 0.29) is 22.3 Å². The molecule has 6 nitrogen and oxygen atoms in total. The highest BCUT2D eigenvalue weighted by Crippen LogP contribution is 2.59. The van der Waals surface area contributed by atoms with E-state index in [1.165, 1.54) is 19.4 Å². The minimum atomic E-state index is -4.79. The number of H-pyrrole nitrogens is 1. The number of rotatable bonds is 3. The van der Waals surface area contributed by atoms with Gasteiger partial charge in [-0.3, -0.25) is 4.79 Å². The molecule has 1 fully saturated rings. The summed E-state index contributed by atoms with van der Waals surface area (Å²) in [7, 11) is 1.09. The normalized spacial score (nSPS) is 25.9. The zero-order valence-corrected chi connectivity index (χ0v) is 17.1. The molecule has 1 aromatic carbocycles. The molecule has 0 radical (unpaired) electrons. The Hall–Kier alpha value is -3.08. The van der Waals surface area contributed by atoms with Crippen molar-refractivity contribution >= 4 is 11.0 Å². The van der Waals surface area contributed by atoms with Crippen molar-refractivity contribution in [2.24, 2.45) is 5.92 Å². The minimum absolute atomic E-state index is 0.0119. The van der Waals surface area contributed by atoms with Crippen molar-refractivity contribution in [1.82, 2.24) is 15.0 Å². The number of fused-ring (bicyclic) bond motifs is 1. The Morgan fingerprint density at radius 2 is 1.97 bits per heavy atom. The summed E-state index contributed by atoms with van der Waals surface area (Å²) in [5.41, 5.74) is -3.06. The molecule has 1 N–H and O–H groups in total. The second kappa shape index (κ2) is 7.51. The van der Waals surface area contributed by atoms with Gasteiger partial charge in [-0.1, -0.05) is 13.0 Å². The number of aromatic amines is 1. The minimum Gasteiger partial charge on any atom is -0.493 e. The Balaban J connectivity index is 1.96. The molecule has 2 aromatic heterocycles. The van der Waals surface area contributed by atoms with Gasteiger partial charge in [-0.05, 0) is 13.0 Å². The molecule has 0 saturated carbocycles. The standard InChI is InChI=1S/C21H18F5N3O3/c1-9-15(10-4-5-12(22)16(23)17(10)31-3)18(32-20(9,2)21(24,25)26)13-6-14(30)11-7-27-8-28-19(11)29-13/h4-9,15,18H,1-3H3,(H,27,28,29,30)/t9-,15-,18-,20+/m0/s1. The fourth-order valence-electron chi connectivity index (χ4n) is 4.24. The lowest BCUT2D eigenvalue weighted by molar-refractivity contribution is -0.275. The van der Waals surface area contributed by atoms with E-state index in [0.717, 1.165) is 32.2 Å². The molecule has 0 amide bonds. The Kier molecular flexibility index (Phi) is 5.19. The summed E-state index contributed by atoms with van der Waals surface area (Å²) >= 11 is 0. The molecule has 3 heterocycles. The molecule has 1 aliphatic rings. The second-order valence-electron chi connectivity index (χ2n) is 7.82. The summed E-state index contributed by atoms with van der Waals surface area (Å²) in [5, 5.41) is 0.142. The molecule has 1 saturated heterocycles. The van der Waals surface area contributed by atoms with Crippen LogP contribution in [0, 0.1) is 17.6 Å². The number of nitrogens with zero attached hydrogens (tertiary/aromatic N) is 2. The molecule has 4 atom stereocenters. The third-order valence-electron chi connectivity index (χ3n) is 6.15. The van der Waals surface area contributed by atoms with E-state index in [2.05, 4.69) is 15.0 Å². The van der Waals surface area contributed by atoms with Crippen LogP contribution in [0.4, 0.5) is 22.0 Å². The highest BCUT2D eigenvalue weighted by atomic mass is 19.4. The summed E-state index contributed by atoms with van der Waals surface area (Å²) < 4.78 is 80.9. The molecule has 0 spiro atoms. The van der Waals surface area contributed by atoms with E-state index >= 15 is 0 Å². The average molecular weight is 455 g/mol. The van der Waals surface area contributed by atoms with Crippen molar-refractivity contribution in [1.29, 1.82) is 0 Å². The van der Waals surface area contributed by atoms with Crippen LogP contribution in [0.5, 0.6) is 5.75 Å². The maximum atomic E-state index is 14.4. The first-order valence-electron chi connectivity index (χ1n) is 9.59. The first-order valence-corrected chi connectivity index (χ1v) is 9.59. The van der Waals surface area contributed by atoms with Crippen LogP contribution >= 0.6 is 0 Å². The largest absolute Gasteiger partial charge is 0.493 e. The fraction of sp³-hybridized carbons (Fsp3) is 0.381. The van der Waals surface area contributed by atoms with Crippen molar-refractivity contribution in [3.63, 3.8) is 0 Å². The van der Waals surface area contributed by atoms with Gasteiger partial charge >= 0.3 is 6.18 Å². The van der Waals surface area contributed by atoms with Crippen LogP contribution in [0.25, 0.3) is 11.0 Å². The first kappa shape index (κ1) is 22.1. The zero-order chi connectivity index (χ0) is 23.4. The van der Waals surface area contributed by atoms with Crippen molar-refractivity contribution in [3.05, 3.63) is 63.8 Å². The maximum absolute atomic E-state index is 14.4. The topological polar surface area (TPSA) is 77.1 Å². The average Bonchev–Trinajstić information content (AvgIpc) is 3.02. The Morgan fingerprint density at radius 1 is 1.25 bits per heavy atom. The summed E-state index contributed by atoms with van der Waals surface area (Å²) in [6.07, 6.45) is -3.69. The van der Waals surface area contributed by atoms with Gasteiger partial charge in [0.15, 0.2) is 22.6 Å². The number of alkyl halides is 3. The molecule has 0 unspecified atom stereocenters. The molecule has 170 valence electrons. The smallest absolute Gasteiger partial charge is 0.417 e. The molecule has 1 aliphatic heterocycles. The zero-order valence-electron chi connectivity index (χ0n) is 17.1. The Labute approximate surface area is 178 Å². The molecule has 4 rings (SSSR count). The molecular formula is C21H18F5N3O3. The third kappa shape index (κ3) is 3.22. The number of hydrogen-bond acceptors (Lipinski definition) is 5. The lowest BCUT2D eigenvalue weighted by Gasteiger charge is -2.32. The number of methoxy groups -OCH3 is 1. The third-order valence-corrected chi connectivity index (χ3v) is 6.15. The maximum Gasteiger partial charge on any atom is 0.417 e. The SMILES string of the molecule is COc1c([C@H]2[C@H](c3cc(=O)c4cncnc4[nH]3)O[C@@](C)(C(F)(F)F)[C@H]2C)ccc(F)c1F. The lowest BCUT2D eigenvalue weighted by atomic mass is 9.76. The lowest BCUT2D eigenvalue weighted by Crippen LogP contribution is -2.46. The number of hydrogen-bond donors (Lipinski definition) is 1. The van der Waals surface area contributed by atoms with Gasteiger partial charge in [-0.15, -0.1) is 0 Å². The van der Waals surface area contributed by atoms with Crippen molar-refractivity contribution in [3.8, 4) is 5.75 Å². The van der Waals surface area contributed by atoms with Gasteiger partial charge in [-0.25, -0.2) is 14.4 Å². The molecule has 0 bridgehead atoms. The van der Waals surface area contributed by atoms with Crippen LogP contribution in [0.2, 0.25) is 0 Å². The van der Waals surface area contributed by atoms with Gasteiger partial charge in [0, 0.05) is 29.7 Å². The Bertz CT molecular complexity index is 1250. The van der Waals surface area contributed by atoms with Gasteiger partial charge in [0.1, 0.15) is 18.1 Å². The highest BCUT2D eigenvalue weighted by molar-refractivity contribution is 5.73. The van der Waals surface area contributed by atoms with E-state index in [4.69, 9.17) is 9.47 Å². The van der Waals surface area contributed by atoms with Crippen LogP contribution in [0.15, 0.2) is 35.5 Å². The summed E-state index contributed by atoms with van der Waals surface area (Å²) in [6, 6.07) is 3.08. The van der Waals surface area contributed by atoms with Crippen LogP contribution in [0.3, 0.4) is 0 Å². The number of ether oxygens (including phenoxy) is 2. The fourth-order valence-corrected chi connectivity index (χ4v) is 4.24. The van der Waals surface area contributed by atoms with Gasteiger partial charge in [0.05, 0.1) is 18.2 Å². The van der Waals surface area contributed by atoms with Crippen LogP contribution < -0.4 is 10.2 Å². The summed E-state index contributed by atoms with van der Waals surface area (Å²) in [4.78, 5) is 23.1. The number of benzene rings is 1. The second-order valence-corrected chi connectivity index (χ2v) is 7.82. The van der Waals surface area contributed by atoms with Gasteiger partial charge in [0.25, 0.3) is 0 Å². The van der Waals surface area contributed by atoms with Crippen molar-refractivity contribution in [2.75, 3.05) is 7.11 Å². The molecule has 0 aliphatic carbocycles. The molecule has 3 aromatic rings. The van der Waals surface area contributed by atoms with Crippen LogP contribution in [-0.2, 0) is 4.74 Å². The molecule has 32 heavy (non-hydrogen) atoms. The van der Waals surface area contributed by atoms with Gasteiger partial charge in [-0.2, -0.15) is 17.6 Å². The van der Waals surface area contributed by atoms with E-state index in [1.54, 1.807) is 0 Å². The summed E-state index contributed by atoms with van der Waals surface area (Å²) in [5.74, 6) is -5.44. The van der Waals surface area contributed by atoms with Gasteiger partial charge in [0.2, 0.25) is 5.82 Å². The van der Waals surface area contributed by atoms with E-state index in [1.807, 2.05) is 0 Å². The first-order chi connectivity index (χ1) is 15.0. The molecule has 11 heteroatoms. The predicted molar refractivity (Wildman–Crippen MR) is 103 cm³/mol. The number of pyridine rings is 1. The highest BCUT2D eigenvalue weighted by Gasteiger charge is 2.65. The van der Waals surface area contributed by atoms with Crippen LogP contribution in [-0.4, -0.2) is 33.8 Å². The Morgan fingerprint density at radius 3 is 2.62 bits per heavy atom. The predicted octanol–water partition coefficient (Wildman–Crippen LogP) is 4.42. The van der Waals surface area contributed by atoms with E-state index < -0.39 is 52.5 Å².